The highest BCUT2D eigenvalue weighted by Crippen LogP contribution is 2.43. The van der Waals surface area contributed by atoms with Gasteiger partial charge in [0.1, 0.15) is 11.5 Å². The van der Waals surface area contributed by atoms with Crippen molar-refractivity contribution >= 4 is 17.4 Å². The zero-order valence-corrected chi connectivity index (χ0v) is 23.4. The molecule has 3 aromatic carbocycles. The zero-order valence-electron chi connectivity index (χ0n) is 23.4. The number of aliphatic hydroxyl groups excluding tert-OH is 1. The fourth-order valence-electron chi connectivity index (χ4n) is 4.66. The van der Waals surface area contributed by atoms with E-state index in [1.807, 2.05) is 50.2 Å². The molecular weight excluding hydrogens is 506 g/mol. The van der Waals surface area contributed by atoms with Gasteiger partial charge in [0.2, 0.25) is 0 Å². The van der Waals surface area contributed by atoms with Crippen molar-refractivity contribution in [3.8, 4) is 17.2 Å². The quantitative estimate of drug-likeness (QED) is 0.112. The molecule has 1 heterocycles. The Balaban J connectivity index is 1.80. The minimum atomic E-state index is -0.819. The van der Waals surface area contributed by atoms with Crippen LogP contribution in [0.15, 0.2) is 78.4 Å². The summed E-state index contributed by atoms with van der Waals surface area (Å²) < 4.78 is 17.5. The van der Waals surface area contributed by atoms with Gasteiger partial charge in [-0.1, -0.05) is 56.7 Å². The van der Waals surface area contributed by atoms with E-state index >= 15 is 0 Å². The highest BCUT2D eigenvalue weighted by Gasteiger charge is 2.46. The molecule has 40 heavy (non-hydrogen) atoms. The number of carbonyl (C=O) groups excluding carboxylic acids is 2. The summed E-state index contributed by atoms with van der Waals surface area (Å²) in [5, 5.41) is 11.4. The van der Waals surface area contributed by atoms with Gasteiger partial charge in [-0.25, -0.2) is 0 Å². The van der Waals surface area contributed by atoms with Crippen molar-refractivity contribution < 1.29 is 28.9 Å². The molecule has 0 bridgehead atoms. The van der Waals surface area contributed by atoms with Crippen molar-refractivity contribution in [1.29, 1.82) is 0 Å². The van der Waals surface area contributed by atoms with Crippen LogP contribution in [0.3, 0.4) is 0 Å². The molecule has 0 radical (unpaired) electrons. The van der Waals surface area contributed by atoms with E-state index in [9.17, 15) is 14.7 Å². The molecule has 1 saturated heterocycles. The maximum absolute atomic E-state index is 13.5. The molecule has 7 nitrogen and oxygen atoms in total. The smallest absolute Gasteiger partial charge is 0.295 e. The Kier molecular flexibility index (Phi) is 9.84. The van der Waals surface area contributed by atoms with E-state index < -0.39 is 17.7 Å². The van der Waals surface area contributed by atoms with E-state index in [0.29, 0.717) is 48.2 Å². The fourth-order valence-corrected chi connectivity index (χ4v) is 4.66. The topological polar surface area (TPSA) is 85.3 Å². The lowest BCUT2D eigenvalue weighted by atomic mass is 9.94. The minimum Gasteiger partial charge on any atom is -0.507 e. The third-order valence-corrected chi connectivity index (χ3v) is 6.68. The number of Topliss-reactive ketones (excluding diaryl/α,β-unsaturated/α-hetero) is 1. The maximum Gasteiger partial charge on any atom is 0.295 e. The Morgan fingerprint density at radius 1 is 0.825 bits per heavy atom. The van der Waals surface area contributed by atoms with Crippen molar-refractivity contribution in [1.82, 2.24) is 4.90 Å². The van der Waals surface area contributed by atoms with E-state index in [1.54, 1.807) is 36.4 Å². The molecule has 1 fully saturated rings. The molecule has 7 heteroatoms. The van der Waals surface area contributed by atoms with Gasteiger partial charge in [0.05, 0.1) is 31.4 Å². The highest BCUT2D eigenvalue weighted by atomic mass is 16.5. The average molecular weight is 544 g/mol. The van der Waals surface area contributed by atoms with E-state index in [1.165, 1.54) is 4.90 Å². The van der Waals surface area contributed by atoms with Crippen LogP contribution in [0, 0.1) is 0 Å². The summed E-state index contributed by atoms with van der Waals surface area (Å²) in [6, 6.07) is 21.0. The van der Waals surface area contributed by atoms with Crippen molar-refractivity contribution in [2.45, 2.75) is 52.6 Å². The SMILES string of the molecule is CCCCOc1ccc(C2/C(=C(\O)c3ccc(OCCC)cc3)C(=O)C(=O)N2Cc2ccccc2)cc1OCC. The summed E-state index contributed by atoms with van der Waals surface area (Å²) in [5.41, 5.74) is 1.98. The van der Waals surface area contributed by atoms with Crippen LogP contribution in [-0.4, -0.2) is 41.5 Å². The first-order valence-corrected chi connectivity index (χ1v) is 13.9. The monoisotopic (exact) mass is 543 g/mol. The van der Waals surface area contributed by atoms with Crippen LogP contribution in [0.25, 0.3) is 5.76 Å². The number of carbonyl (C=O) groups is 2. The maximum atomic E-state index is 13.5. The van der Waals surface area contributed by atoms with E-state index in [4.69, 9.17) is 14.2 Å². The molecule has 0 aliphatic carbocycles. The summed E-state index contributed by atoms with van der Waals surface area (Å²) in [4.78, 5) is 28.4. The molecule has 1 aliphatic rings. The van der Waals surface area contributed by atoms with Gasteiger partial charge in [0.15, 0.2) is 11.5 Å². The van der Waals surface area contributed by atoms with Gasteiger partial charge in [-0.3, -0.25) is 9.59 Å². The summed E-state index contributed by atoms with van der Waals surface area (Å²) in [5.74, 6) is 0.160. The molecule has 3 aromatic rings. The van der Waals surface area contributed by atoms with Crippen LogP contribution >= 0.6 is 0 Å². The molecule has 4 rings (SSSR count). The van der Waals surface area contributed by atoms with Crippen LogP contribution in [0.4, 0.5) is 0 Å². The van der Waals surface area contributed by atoms with Crippen LogP contribution in [0.1, 0.15) is 62.8 Å². The van der Waals surface area contributed by atoms with Gasteiger partial charge in [0.25, 0.3) is 11.7 Å². The third-order valence-electron chi connectivity index (χ3n) is 6.68. The first-order valence-electron chi connectivity index (χ1n) is 13.9. The average Bonchev–Trinajstić information content (AvgIpc) is 3.22. The number of ether oxygens (including phenoxy) is 3. The van der Waals surface area contributed by atoms with Gasteiger partial charge in [-0.15, -0.1) is 0 Å². The van der Waals surface area contributed by atoms with Crippen molar-refractivity contribution in [3.05, 3.63) is 95.1 Å². The molecule has 0 saturated carbocycles. The Morgan fingerprint density at radius 3 is 2.25 bits per heavy atom. The van der Waals surface area contributed by atoms with E-state index in [-0.39, 0.29) is 17.9 Å². The number of likely N-dealkylation sites (tertiary alicyclic amines) is 1. The fraction of sp³-hybridized carbons (Fsp3) is 0.333. The first-order chi connectivity index (χ1) is 19.5. The van der Waals surface area contributed by atoms with E-state index in [0.717, 1.165) is 24.8 Å². The number of amides is 1. The standard InChI is InChI=1S/C33H37NO6/c1-4-7-20-40-27-18-15-25(21-28(27)38-6-3)30-29(31(35)24-13-16-26(17-14-24)39-19-5-2)32(36)33(37)34(30)22-23-11-9-8-10-12-23/h8-18,21,30,35H,4-7,19-20,22H2,1-3H3/b31-29+. The number of benzene rings is 3. The Bertz CT molecular complexity index is 1330. The number of ketones is 1. The van der Waals surface area contributed by atoms with Gasteiger partial charge < -0.3 is 24.2 Å². The number of hydrogen-bond donors (Lipinski definition) is 1. The number of hydrogen-bond acceptors (Lipinski definition) is 6. The molecule has 1 unspecified atom stereocenters. The molecule has 210 valence electrons. The van der Waals surface area contributed by atoms with Crippen LogP contribution in [0.2, 0.25) is 0 Å². The number of nitrogens with zero attached hydrogens (tertiary/aromatic N) is 1. The highest BCUT2D eigenvalue weighted by molar-refractivity contribution is 6.46. The van der Waals surface area contributed by atoms with Crippen molar-refractivity contribution in [2.75, 3.05) is 19.8 Å². The number of aliphatic hydroxyl groups is 1. The lowest BCUT2D eigenvalue weighted by molar-refractivity contribution is -0.140. The minimum absolute atomic E-state index is 0.0326. The molecule has 0 spiro atoms. The second-order valence-corrected chi connectivity index (χ2v) is 9.63. The lowest BCUT2D eigenvalue weighted by Crippen LogP contribution is -2.29. The number of unbranched alkanes of at least 4 members (excludes halogenated alkanes) is 1. The predicted molar refractivity (Wildman–Crippen MR) is 155 cm³/mol. The molecular formula is C33H37NO6. The summed E-state index contributed by atoms with van der Waals surface area (Å²) >= 11 is 0. The van der Waals surface area contributed by atoms with Gasteiger partial charge in [0, 0.05) is 12.1 Å². The predicted octanol–water partition coefficient (Wildman–Crippen LogP) is 6.67. The van der Waals surface area contributed by atoms with Crippen LogP contribution in [0.5, 0.6) is 17.2 Å². The summed E-state index contributed by atoms with van der Waals surface area (Å²) in [6.45, 7) is 7.76. The second-order valence-electron chi connectivity index (χ2n) is 9.63. The first kappa shape index (κ1) is 28.7. The Labute approximate surface area is 236 Å². The van der Waals surface area contributed by atoms with Crippen LogP contribution in [-0.2, 0) is 16.1 Å². The largest absolute Gasteiger partial charge is 0.507 e. The van der Waals surface area contributed by atoms with Gasteiger partial charge in [-0.05, 0) is 67.3 Å². The zero-order chi connectivity index (χ0) is 28.5. The molecule has 1 aliphatic heterocycles. The summed E-state index contributed by atoms with van der Waals surface area (Å²) in [7, 11) is 0. The van der Waals surface area contributed by atoms with Gasteiger partial charge in [-0.2, -0.15) is 0 Å². The second kappa shape index (κ2) is 13.7. The summed E-state index contributed by atoms with van der Waals surface area (Å²) in [6.07, 6.45) is 2.79. The molecule has 0 aromatic heterocycles. The Morgan fingerprint density at radius 2 is 1.57 bits per heavy atom. The lowest BCUT2D eigenvalue weighted by Gasteiger charge is -2.26. The number of rotatable bonds is 13. The van der Waals surface area contributed by atoms with Crippen molar-refractivity contribution in [3.63, 3.8) is 0 Å². The normalized spacial score (nSPS) is 16.3. The van der Waals surface area contributed by atoms with Crippen molar-refractivity contribution in [2.24, 2.45) is 0 Å². The molecule has 1 N–H and O–H groups in total. The molecule has 1 amide bonds. The van der Waals surface area contributed by atoms with Gasteiger partial charge >= 0.3 is 0 Å². The van der Waals surface area contributed by atoms with Crippen LogP contribution < -0.4 is 14.2 Å². The Hall–Kier alpha value is -4.26. The van der Waals surface area contributed by atoms with E-state index in [2.05, 4.69) is 6.92 Å². The third kappa shape index (κ3) is 6.47. The molecule has 1 atom stereocenters.